The smallest absolute Gasteiger partial charge is 0.240 e. The molecule has 3 rings (SSSR count). The van der Waals surface area contributed by atoms with Gasteiger partial charge in [-0.2, -0.15) is 5.10 Å². The fourth-order valence-electron chi connectivity index (χ4n) is 3.81. The molecule has 0 saturated heterocycles. The Morgan fingerprint density at radius 2 is 1.70 bits per heavy atom. The SMILES string of the molecule is C=N/N=C(\OCCCc1ccc(N=C(N)c2cccs2)cc1)c1cc(C(C)(C)C)cc(C(C)(C)CC)c1. The van der Waals surface area contributed by atoms with Gasteiger partial charge in [-0.3, -0.25) is 0 Å². The number of aliphatic imine (C=N–C) groups is 1. The van der Waals surface area contributed by atoms with Crippen molar-refractivity contribution < 1.29 is 4.74 Å². The van der Waals surface area contributed by atoms with Gasteiger partial charge in [0.1, 0.15) is 5.84 Å². The van der Waals surface area contributed by atoms with Crippen LogP contribution in [0.3, 0.4) is 0 Å². The van der Waals surface area contributed by atoms with E-state index in [0.29, 0.717) is 18.3 Å². The normalized spacial score (nSPS) is 13.0. The van der Waals surface area contributed by atoms with Crippen LogP contribution < -0.4 is 5.73 Å². The summed E-state index contributed by atoms with van der Waals surface area (Å²) in [7, 11) is 0. The van der Waals surface area contributed by atoms with Gasteiger partial charge < -0.3 is 10.5 Å². The zero-order valence-electron chi connectivity index (χ0n) is 23.0. The van der Waals surface area contributed by atoms with Gasteiger partial charge in [0.25, 0.3) is 0 Å². The molecule has 0 unspecified atom stereocenters. The first-order chi connectivity index (χ1) is 17.5. The number of aryl methyl sites for hydroxylation is 1. The van der Waals surface area contributed by atoms with Crippen molar-refractivity contribution in [1.82, 2.24) is 0 Å². The minimum atomic E-state index is 0.00590. The van der Waals surface area contributed by atoms with Crippen LogP contribution in [0.25, 0.3) is 0 Å². The largest absolute Gasteiger partial charge is 0.476 e. The Kier molecular flexibility index (Phi) is 9.44. The Labute approximate surface area is 226 Å². The van der Waals surface area contributed by atoms with E-state index in [4.69, 9.17) is 10.5 Å². The van der Waals surface area contributed by atoms with Gasteiger partial charge in [-0.15, -0.1) is 16.4 Å². The summed E-state index contributed by atoms with van der Waals surface area (Å²) in [5.74, 6) is 1.06. The number of hydrogen-bond donors (Lipinski definition) is 1. The maximum absolute atomic E-state index is 6.16. The number of nitrogens with zero attached hydrogens (tertiary/aromatic N) is 3. The lowest BCUT2D eigenvalue weighted by Crippen LogP contribution is -2.20. The summed E-state index contributed by atoms with van der Waals surface area (Å²) in [5.41, 5.74) is 11.7. The van der Waals surface area contributed by atoms with E-state index in [1.54, 1.807) is 11.3 Å². The number of hydrogen-bond acceptors (Lipinski definition) is 5. The molecule has 1 heterocycles. The minimum absolute atomic E-state index is 0.00590. The molecule has 196 valence electrons. The number of benzene rings is 2. The molecule has 37 heavy (non-hydrogen) atoms. The van der Waals surface area contributed by atoms with Crippen molar-refractivity contribution in [1.29, 1.82) is 0 Å². The van der Waals surface area contributed by atoms with Crippen molar-refractivity contribution >= 4 is 35.5 Å². The van der Waals surface area contributed by atoms with Crippen LogP contribution >= 0.6 is 11.3 Å². The molecule has 0 aliphatic heterocycles. The highest BCUT2D eigenvalue weighted by Crippen LogP contribution is 2.33. The molecular formula is C31H40N4OS. The molecule has 3 aromatic rings. The molecule has 0 atom stereocenters. The average molecular weight is 517 g/mol. The quantitative estimate of drug-likeness (QED) is 0.129. The van der Waals surface area contributed by atoms with E-state index in [0.717, 1.165) is 35.4 Å². The molecule has 0 saturated carbocycles. The van der Waals surface area contributed by atoms with Gasteiger partial charge in [0, 0.05) is 12.3 Å². The predicted molar refractivity (Wildman–Crippen MR) is 160 cm³/mol. The van der Waals surface area contributed by atoms with E-state index in [2.05, 4.69) is 93.8 Å². The Bertz CT molecular complexity index is 1230. The van der Waals surface area contributed by atoms with Gasteiger partial charge in [0.05, 0.1) is 17.2 Å². The molecule has 5 nitrogen and oxygen atoms in total. The van der Waals surface area contributed by atoms with Gasteiger partial charge in [-0.1, -0.05) is 65.8 Å². The Balaban J connectivity index is 1.67. The lowest BCUT2D eigenvalue weighted by Gasteiger charge is -2.28. The van der Waals surface area contributed by atoms with Crippen molar-refractivity contribution in [2.75, 3.05) is 6.61 Å². The highest BCUT2D eigenvalue weighted by Gasteiger charge is 2.24. The number of amidine groups is 1. The third kappa shape index (κ3) is 7.86. The Morgan fingerprint density at radius 1 is 1.00 bits per heavy atom. The molecule has 0 aliphatic carbocycles. The lowest BCUT2D eigenvalue weighted by molar-refractivity contribution is 0.298. The number of rotatable bonds is 10. The zero-order chi connectivity index (χ0) is 27.1. The van der Waals surface area contributed by atoms with Crippen LogP contribution in [-0.4, -0.2) is 25.1 Å². The van der Waals surface area contributed by atoms with E-state index in [1.165, 1.54) is 16.7 Å². The average Bonchev–Trinajstić information content (AvgIpc) is 3.41. The molecule has 2 aromatic carbocycles. The second-order valence-electron chi connectivity index (χ2n) is 10.9. The lowest BCUT2D eigenvalue weighted by atomic mass is 9.77. The zero-order valence-corrected chi connectivity index (χ0v) is 23.9. The second-order valence-corrected chi connectivity index (χ2v) is 11.9. The third-order valence-corrected chi connectivity index (χ3v) is 7.57. The van der Waals surface area contributed by atoms with Crippen molar-refractivity contribution in [3.05, 3.63) is 87.1 Å². The standard InChI is InChI=1S/C31H40N4OS/c1-8-31(5,6)25-20-23(19-24(21-25)30(2,3)4)29(35-33-7)36-17-9-11-22-13-15-26(16-14-22)34-28(32)27-12-10-18-37-27/h10,12-16,18-21H,7-9,11,17H2,1-6H3,(H2,32,34)/b35-29-. The van der Waals surface area contributed by atoms with E-state index in [1.807, 2.05) is 29.6 Å². The van der Waals surface area contributed by atoms with Crippen molar-refractivity contribution in [2.45, 2.75) is 71.6 Å². The maximum Gasteiger partial charge on any atom is 0.240 e. The molecule has 0 fully saturated rings. The highest BCUT2D eigenvalue weighted by molar-refractivity contribution is 7.12. The van der Waals surface area contributed by atoms with E-state index in [9.17, 15) is 0 Å². The summed E-state index contributed by atoms with van der Waals surface area (Å²) in [6, 6.07) is 18.8. The Hall–Kier alpha value is -3.25. The van der Waals surface area contributed by atoms with Crippen LogP contribution in [0, 0.1) is 0 Å². The van der Waals surface area contributed by atoms with Crippen molar-refractivity contribution in [3.63, 3.8) is 0 Å². The molecule has 0 radical (unpaired) electrons. The minimum Gasteiger partial charge on any atom is -0.476 e. The van der Waals surface area contributed by atoms with Crippen LogP contribution in [0.4, 0.5) is 5.69 Å². The first kappa shape index (κ1) is 28.3. The van der Waals surface area contributed by atoms with Gasteiger partial charge in [0.15, 0.2) is 0 Å². The van der Waals surface area contributed by atoms with Crippen LogP contribution in [0.15, 0.2) is 75.2 Å². The number of nitrogens with two attached hydrogens (primary N) is 1. The highest BCUT2D eigenvalue weighted by atomic mass is 32.1. The molecular weight excluding hydrogens is 476 g/mol. The van der Waals surface area contributed by atoms with Crippen LogP contribution in [0.2, 0.25) is 0 Å². The van der Waals surface area contributed by atoms with Crippen LogP contribution in [-0.2, 0) is 22.0 Å². The topological polar surface area (TPSA) is 72.3 Å². The molecule has 0 bridgehead atoms. The maximum atomic E-state index is 6.16. The molecule has 0 amide bonds. The number of thiophene rings is 1. The van der Waals surface area contributed by atoms with E-state index >= 15 is 0 Å². The fraction of sp³-hybridized carbons (Fsp3) is 0.387. The van der Waals surface area contributed by atoms with Crippen molar-refractivity contribution in [3.8, 4) is 0 Å². The van der Waals surface area contributed by atoms with Gasteiger partial charge in [-0.05, 0) is 82.5 Å². The van der Waals surface area contributed by atoms with Gasteiger partial charge >= 0.3 is 0 Å². The van der Waals surface area contributed by atoms with E-state index in [-0.39, 0.29) is 10.8 Å². The van der Waals surface area contributed by atoms with Crippen LogP contribution in [0.5, 0.6) is 0 Å². The summed E-state index contributed by atoms with van der Waals surface area (Å²) < 4.78 is 6.16. The summed E-state index contributed by atoms with van der Waals surface area (Å²) in [6.07, 6.45) is 2.77. The summed E-state index contributed by atoms with van der Waals surface area (Å²) >= 11 is 1.59. The first-order valence-corrected chi connectivity index (χ1v) is 13.7. The van der Waals surface area contributed by atoms with E-state index < -0.39 is 0 Å². The molecule has 0 aliphatic rings. The molecule has 0 spiro atoms. The third-order valence-electron chi connectivity index (χ3n) is 6.68. The van der Waals surface area contributed by atoms with Crippen molar-refractivity contribution in [2.24, 2.45) is 20.9 Å². The summed E-state index contributed by atoms with van der Waals surface area (Å²) in [6.45, 7) is 17.6. The summed E-state index contributed by atoms with van der Waals surface area (Å²) in [4.78, 5) is 5.50. The number of ether oxygens (including phenoxy) is 1. The molecule has 6 heteroatoms. The second kappa shape index (κ2) is 12.3. The Morgan fingerprint density at radius 3 is 2.30 bits per heavy atom. The monoisotopic (exact) mass is 516 g/mol. The molecule has 2 N–H and O–H groups in total. The van der Waals surface area contributed by atoms with Gasteiger partial charge in [0.2, 0.25) is 5.90 Å². The first-order valence-electron chi connectivity index (χ1n) is 12.8. The summed E-state index contributed by atoms with van der Waals surface area (Å²) in [5, 5.41) is 10.0. The molecule has 1 aromatic heterocycles. The predicted octanol–water partition coefficient (Wildman–Crippen LogP) is 7.78. The van der Waals surface area contributed by atoms with Crippen LogP contribution in [0.1, 0.15) is 81.5 Å². The van der Waals surface area contributed by atoms with Gasteiger partial charge in [-0.25, -0.2) is 4.99 Å². The fourth-order valence-corrected chi connectivity index (χ4v) is 4.44.